The quantitative estimate of drug-likeness (QED) is 0.563. The van der Waals surface area contributed by atoms with E-state index in [-0.39, 0.29) is 0 Å². The minimum Gasteiger partial charge on any atom is -0.383 e. The van der Waals surface area contributed by atoms with Crippen LogP contribution in [-0.4, -0.2) is 19.0 Å². The van der Waals surface area contributed by atoms with Crippen molar-refractivity contribution in [3.63, 3.8) is 0 Å². The highest BCUT2D eigenvalue weighted by Crippen LogP contribution is 2.04. The maximum atomic E-state index is 2.22. The van der Waals surface area contributed by atoms with Crippen molar-refractivity contribution in [2.75, 3.05) is 14.1 Å². The van der Waals surface area contributed by atoms with Gasteiger partial charge in [-0.25, -0.2) is 0 Å². The third-order valence-electron chi connectivity index (χ3n) is 1.49. The van der Waals surface area contributed by atoms with Crippen LogP contribution >= 0.6 is 0 Å². The molecule has 0 atom stereocenters. The summed E-state index contributed by atoms with van der Waals surface area (Å²) in [5.74, 6) is 0. The van der Waals surface area contributed by atoms with E-state index < -0.39 is 0 Å². The van der Waals surface area contributed by atoms with Crippen molar-refractivity contribution in [3.05, 3.63) is 23.4 Å². The molecule has 0 fully saturated rings. The van der Waals surface area contributed by atoms with Crippen LogP contribution in [0, 0.1) is 0 Å². The van der Waals surface area contributed by atoms with Crippen LogP contribution in [0.3, 0.4) is 0 Å². The van der Waals surface area contributed by atoms with Crippen molar-refractivity contribution < 1.29 is 0 Å². The minimum atomic E-state index is 1.14. The summed E-state index contributed by atoms with van der Waals surface area (Å²) in [5.41, 5.74) is 2.75. The van der Waals surface area contributed by atoms with E-state index in [4.69, 9.17) is 0 Å². The number of rotatable bonds is 3. The van der Waals surface area contributed by atoms with Crippen LogP contribution in [0.1, 0.15) is 27.2 Å². The monoisotopic (exact) mass is 153 g/mol. The summed E-state index contributed by atoms with van der Waals surface area (Å²) in [6.45, 7) is 6.46. The topological polar surface area (TPSA) is 3.24 Å². The van der Waals surface area contributed by atoms with Gasteiger partial charge >= 0.3 is 0 Å². The number of nitrogens with zero attached hydrogens (tertiary/aromatic N) is 1. The van der Waals surface area contributed by atoms with Crippen molar-refractivity contribution in [1.29, 1.82) is 0 Å². The van der Waals surface area contributed by atoms with E-state index >= 15 is 0 Å². The van der Waals surface area contributed by atoms with Crippen LogP contribution in [-0.2, 0) is 0 Å². The standard InChI is InChI=1S/C10H19N/c1-6-9(2)7-10(3)8-11(4)5/h7-8H,6H2,1-5H3/b9-7+,10-8-. The number of hydrogen-bond donors (Lipinski definition) is 0. The Hall–Kier alpha value is -0.720. The van der Waals surface area contributed by atoms with Crippen LogP contribution in [0.15, 0.2) is 23.4 Å². The minimum absolute atomic E-state index is 1.14. The maximum absolute atomic E-state index is 2.22. The van der Waals surface area contributed by atoms with Gasteiger partial charge in [0, 0.05) is 20.3 Å². The van der Waals surface area contributed by atoms with Gasteiger partial charge < -0.3 is 4.90 Å². The van der Waals surface area contributed by atoms with E-state index in [1.54, 1.807) is 0 Å². The van der Waals surface area contributed by atoms with E-state index in [9.17, 15) is 0 Å². The predicted molar refractivity (Wildman–Crippen MR) is 51.5 cm³/mol. The zero-order chi connectivity index (χ0) is 8.85. The highest BCUT2D eigenvalue weighted by molar-refractivity contribution is 5.19. The fraction of sp³-hybridized carbons (Fsp3) is 0.600. The van der Waals surface area contributed by atoms with Gasteiger partial charge in [-0.3, -0.25) is 0 Å². The lowest BCUT2D eigenvalue weighted by Crippen LogP contribution is -2.01. The molecule has 64 valence electrons. The molecule has 0 rings (SSSR count). The zero-order valence-corrected chi connectivity index (χ0v) is 8.31. The average Bonchev–Trinajstić information content (AvgIpc) is 1.85. The first-order valence-corrected chi connectivity index (χ1v) is 4.08. The molecule has 0 aromatic heterocycles. The Morgan fingerprint density at radius 1 is 1.27 bits per heavy atom. The predicted octanol–water partition coefficient (Wildman–Crippen LogP) is 2.81. The van der Waals surface area contributed by atoms with Crippen LogP contribution in [0.5, 0.6) is 0 Å². The van der Waals surface area contributed by atoms with Crippen molar-refractivity contribution in [2.45, 2.75) is 27.2 Å². The first kappa shape index (κ1) is 10.3. The van der Waals surface area contributed by atoms with Crippen molar-refractivity contribution >= 4 is 0 Å². The smallest absolute Gasteiger partial charge is 0.00557 e. The summed E-state index contributed by atoms with van der Waals surface area (Å²) >= 11 is 0. The molecule has 0 saturated carbocycles. The summed E-state index contributed by atoms with van der Waals surface area (Å²) in [6, 6.07) is 0. The summed E-state index contributed by atoms with van der Waals surface area (Å²) in [7, 11) is 4.08. The lowest BCUT2D eigenvalue weighted by molar-refractivity contribution is 0.560. The highest BCUT2D eigenvalue weighted by atomic mass is 15.0. The Bertz CT molecular complexity index is 164. The molecule has 0 aliphatic carbocycles. The van der Waals surface area contributed by atoms with Gasteiger partial charge in [-0.05, 0) is 25.8 Å². The molecule has 0 aliphatic heterocycles. The second kappa shape index (κ2) is 5.00. The third kappa shape index (κ3) is 5.71. The Labute approximate surface area is 70.4 Å². The van der Waals surface area contributed by atoms with Gasteiger partial charge in [0.25, 0.3) is 0 Å². The molecular weight excluding hydrogens is 134 g/mol. The molecule has 0 unspecified atom stereocenters. The second-order valence-electron chi connectivity index (χ2n) is 3.18. The van der Waals surface area contributed by atoms with Crippen molar-refractivity contribution in [1.82, 2.24) is 4.90 Å². The van der Waals surface area contributed by atoms with Crippen molar-refractivity contribution in [2.24, 2.45) is 0 Å². The molecule has 1 heteroatoms. The second-order valence-corrected chi connectivity index (χ2v) is 3.18. The zero-order valence-electron chi connectivity index (χ0n) is 8.31. The van der Waals surface area contributed by atoms with E-state index in [1.807, 2.05) is 14.1 Å². The Morgan fingerprint density at radius 3 is 2.18 bits per heavy atom. The lowest BCUT2D eigenvalue weighted by atomic mass is 10.1. The summed E-state index contributed by atoms with van der Waals surface area (Å²) in [6.07, 6.45) is 5.48. The van der Waals surface area contributed by atoms with Gasteiger partial charge in [0.2, 0.25) is 0 Å². The SMILES string of the molecule is CC/C(C)=C/C(C)=C\N(C)C. The van der Waals surface area contributed by atoms with Crippen LogP contribution in [0.25, 0.3) is 0 Å². The largest absolute Gasteiger partial charge is 0.383 e. The summed E-state index contributed by atoms with van der Waals surface area (Å²) in [5, 5.41) is 0. The molecule has 1 nitrogen and oxygen atoms in total. The number of hydrogen-bond acceptors (Lipinski definition) is 1. The molecule has 0 bridgehead atoms. The van der Waals surface area contributed by atoms with Gasteiger partial charge in [0.15, 0.2) is 0 Å². The van der Waals surface area contributed by atoms with Gasteiger partial charge in [0.1, 0.15) is 0 Å². The van der Waals surface area contributed by atoms with E-state index in [1.165, 1.54) is 11.1 Å². The molecule has 0 aliphatic rings. The lowest BCUT2D eigenvalue weighted by Gasteiger charge is -2.05. The summed E-state index contributed by atoms with van der Waals surface area (Å²) in [4.78, 5) is 2.06. The number of allylic oxidation sites excluding steroid dienone is 3. The normalized spacial score (nSPS) is 13.5. The Morgan fingerprint density at radius 2 is 1.82 bits per heavy atom. The molecule has 0 amide bonds. The molecule has 0 spiro atoms. The Kier molecular flexibility index (Phi) is 4.67. The van der Waals surface area contributed by atoms with Crippen molar-refractivity contribution in [3.8, 4) is 0 Å². The van der Waals surface area contributed by atoms with Crippen LogP contribution in [0.4, 0.5) is 0 Å². The molecule has 0 aromatic carbocycles. The van der Waals surface area contributed by atoms with Gasteiger partial charge in [0.05, 0.1) is 0 Å². The molecule has 11 heavy (non-hydrogen) atoms. The average molecular weight is 153 g/mol. The van der Waals surface area contributed by atoms with Crippen LogP contribution in [0.2, 0.25) is 0 Å². The molecule has 0 saturated heterocycles. The van der Waals surface area contributed by atoms with E-state index in [2.05, 4.69) is 37.9 Å². The van der Waals surface area contributed by atoms with Gasteiger partial charge in [-0.2, -0.15) is 0 Å². The first-order chi connectivity index (χ1) is 5.06. The maximum Gasteiger partial charge on any atom is 0.00557 e. The van der Waals surface area contributed by atoms with Crippen LogP contribution < -0.4 is 0 Å². The fourth-order valence-corrected chi connectivity index (χ4v) is 0.935. The van der Waals surface area contributed by atoms with Gasteiger partial charge in [-0.15, -0.1) is 0 Å². The van der Waals surface area contributed by atoms with E-state index in [0.717, 1.165) is 6.42 Å². The molecule has 0 aromatic rings. The Balaban J connectivity index is 4.15. The molecule has 0 heterocycles. The third-order valence-corrected chi connectivity index (χ3v) is 1.49. The van der Waals surface area contributed by atoms with E-state index in [0.29, 0.717) is 0 Å². The molecule has 0 radical (unpaired) electrons. The fourth-order valence-electron chi connectivity index (χ4n) is 0.935. The van der Waals surface area contributed by atoms with Gasteiger partial charge in [-0.1, -0.05) is 18.6 Å². The summed E-state index contributed by atoms with van der Waals surface area (Å²) < 4.78 is 0. The molecular formula is C10H19N. The molecule has 0 N–H and O–H groups in total. The highest BCUT2D eigenvalue weighted by Gasteiger charge is 1.86. The first-order valence-electron chi connectivity index (χ1n) is 4.08.